The first-order valence-corrected chi connectivity index (χ1v) is 8.41. The molecule has 2 rings (SSSR count). The molecule has 0 bridgehead atoms. The smallest absolute Gasteiger partial charge is 0.225 e. The Bertz CT molecular complexity index is 344. The molecule has 0 saturated carbocycles. The zero-order valence-corrected chi connectivity index (χ0v) is 14.1. The summed E-state index contributed by atoms with van der Waals surface area (Å²) in [6.45, 7) is 13.3. The molecule has 3 heteroatoms. The highest BCUT2D eigenvalue weighted by Crippen LogP contribution is 2.43. The Hall–Kier alpha value is -0.570. The molecule has 2 aliphatic rings. The zero-order valence-electron chi connectivity index (χ0n) is 14.1. The third-order valence-corrected chi connectivity index (χ3v) is 6.18. The first-order valence-electron chi connectivity index (χ1n) is 8.41. The molecule has 0 aromatic rings. The Labute approximate surface area is 124 Å². The van der Waals surface area contributed by atoms with Crippen LogP contribution in [0, 0.1) is 11.3 Å². The number of rotatable bonds is 2. The van der Waals surface area contributed by atoms with Crippen LogP contribution in [0.4, 0.5) is 0 Å². The number of hydrogen-bond donors (Lipinski definition) is 0. The predicted molar refractivity (Wildman–Crippen MR) is 83.4 cm³/mol. The molecule has 0 unspecified atom stereocenters. The van der Waals surface area contributed by atoms with Gasteiger partial charge in [0, 0.05) is 31.8 Å². The molecule has 0 aromatic heterocycles. The van der Waals surface area contributed by atoms with Gasteiger partial charge in [0.25, 0.3) is 0 Å². The van der Waals surface area contributed by atoms with Gasteiger partial charge in [0.05, 0.1) is 26.2 Å². The van der Waals surface area contributed by atoms with E-state index in [1.807, 2.05) is 13.8 Å². The van der Waals surface area contributed by atoms with E-state index in [-0.39, 0.29) is 5.92 Å². The summed E-state index contributed by atoms with van der Waals surface area (Å²) in [5, 5.41) is 0. The molecule has 3 nitrogen and oxygen atoms in total. The summed E-state index contributed by atoms with van der Waals surface area (Å²) in [5.41, 5.74) is 0.542. The molecule has 116 valence electrons. The van der Waals surface area contributed by atoms with Crippen LogP contribution in [0.5, 0.6) is 0 Å². The Morgan fingerprint density at radius 1 is 1.00 bits per heavy atom. The van der Waals surface area contributed by atoms with Gasteiger partial charge in [-0.25, -0.2) is 0 Å². The van der Waals surface area contributed by atoms with Crippen molar-refractivity contribution in [2.45, 2.75) is 59.4 Å². The number of carbonyl (C=O) groups excluding carboxylic acids is 1. The maximum Gasteiger partial charge on any atom is 0.225 e. The molecule has 20 heavy (non-hydrogen) atoms. The number of piperidine rings is 2. The highest BCUT2D eigenvalue weighted by atomic mass is 16.2. The van der Waals surface area contributed by atoms with Crippen molar-refractivity contribution in [2.24, 2.45) is 11.3 Å². The predicted octanol–water partition coefficient (Wildman–Crippen LogP) is 2.90. The van der Waals surface area contributed by atoms with Crippen LogP contribution in [0.25, 0.3) is 0 Å². The van der Waals surface area contributed by atoms with Crippen molar-refractivity contribution in [3.8, 4) is 0 Å². The molecule has 1 spiro atoms. The van der Waals surface area contributed by atoms with Crippen LogP contribution in [0.2, 0.25) is 0 Å². The monoisotopic (exact) mass is 281 g/mol. The zero-order chi connectivity index (χ0) is 15.0. The largest absolute Gasteiger partial charge is 0.342 e. The Balaban J connectivity index is 1.90. The highest BCUT2D eigenvalue weighted by molar-refractivity contribution is 5.78. The fourth-order valence-corrected chi connectivity index (χ4v) is 3.80. The molecular weight excluding hydrogens is 248 g/mol. The molecule has 2 heterocycles. The standard InChI is InChI=1S/C17H33N2O/c1-14(2)16(20)18-10-6-17(7-11-18)8-12-19(5,13-9-17)15(3)4/h14-15H,6-13H2,1-5H3/q+1. The van der Waals surface area contributed by atoms with Gasteiger partial charge in [-0.3, -0.25) is 4.79 Å². The van der Waals surface area contributed by atoms with Gasteiger partial charge in [0.1, 0.15) is 0 Å². The normalized spacial score (nSPS) is 25.4. The van der Waals surface area contributed by atoms with E-state index in [4.69, 9.17) is 0 Å². The van der Waals surface area contributed by atoms with E-state index in [0.717, 1.165) is 19.1 Å². The van der Waals surface area contributed by atoms with Crippen LogP contribution >= 0.6 is 0 Å². The van der Waals surface area contributed by atoms with Crippen molar-refractivity contribution in [1.29, 1.82) is 0 Å². The molecule has 0 aromatic carbocycles. The molecule has 0 atom stereocenters. The summed E-state index contributed by atoms with van der Waals surface area (Å²) in [6, 6.07) is 0.731. The van der Waals surface area contributed by atoms with Gasteiger partial charge in [0.2, 0.25) is 5.91 Å². The SMILES string of the molecule is CC(C)C(=O)N1CCC2(CC1)CC[N+](C)(C(C)C)CC2. The fraction of sp³-hybridized carbons (Fsp3) is 0.941. The van der Waals surface area contributed by atoms with Gasteiger partial charge in [-0.2, -0.15) is 0 Å². The lowest BCUT2D eigenvalue weighted by atomic mass is 9.70. The van der Waals surface area contributed by atoms with Crippen molar-refractivity contribution in [1.82, 2.24) is 4.90 Å². The molecule has 0 radical (unpaired) electrons. The van der Waals surface area contributed by atoms with Crippen LogP contribution in [0.3, 0.4) is 0 Å². The minimum absolute atomic E-state index is 0.149. The molecule has 2 aliphatic heterocycles. The second kappa shape index (κ2) is 5.67. The third kappa shape index (κ3) is 3.03. The lowest BCUT2D eigenvalue weighted by Crippen LogP contribution is -2.58. The van der Waals surface area contributed by atoms with E-state index >= 15 is 0 Å². The minimum Gasteiger partial charge on any atom is -0.342 e. The van der Waals surface area contributed by atoms with Gasteiger partial charge in [-0.15, -0.1) is 0 Å². The van der Waals surface area contributed by atoms with E-state index in [9.17, 15) is 4.79 Å². The number of hydrogen-bond acceptors (Lipinski definition) is 1. The van der Waals surface area contributed by atoms with Gasteiger partial charge in [-0.1, -0.05) is 13.8 Å². The molecule has 0 N–H and O–H groups in total. The van der Waals surface area contributed by atoms with Gasteiger partial charge in [-0.05, 0) is 32.1 Å². The second-order valence-electron chi connectivity index (χ2n) is 8.00. The summed E-state index contributed by atoms with van der Waals surface area (Å²) >= 11 is 0. The average Bonchev–Trinajstić information content (AvgIpc) is 2.42. The van der Waals surface area contributed by atoms with Crippen LogP contribution in [0.15, 0.2) is 0 Å². The Morgan fingerprint density at radius 3 is 1.90 bits per heavy atom. The van der Waals surface area contributed by atoms with Gasteiger partial charge in [0.15, 0.2) is 0 Å². The summed E-state index contributed by atoms with van der Waals surface area (Å²) in [5.74, 6) is 0.495. The van der Waals surface area contributed by atoms with Crippen molar-refractivity contribution in [3.63, 3.8) is 0 Å². The van der Waals surface area contributed by atoms with Crippen molar-refractivity contribution in [3.05, 3.63) is 0 Å². The van der Waals surface area contributed by atoms with E-state index in [0.29, 0.717) is 11.3 Å². The first kappa shape index (κ1) is 15.8. The highest BCUT2D eigenvalue weighted by Gasteiger charge is 2.43. The van der Waals surface area contributed by atoms with E-state index in [1.165, 1.54) is 43.3 Å². The first-order chi connectivity index (χ1) is 9.28. The van der Waals surface area contributed by atoms with E-state index in [2.05, 4.69) is 25.8 Å². The Morgan fingerprint density at radius 2 is 1.50 bits per heavy atom. The van der Waals surface area contributed by atoms with Crippen LogP contribution < -0.4 is 0 Å². The molecule has 0 aliphatic carbocycles. The van der Waals surface area contributed by atoms with Gasteiger partial charge >= 0.3 is 0 Å². The summed E-state index contributed by atoms with van der Waals surface area (Å²) in [7, 11) is 2.41. The fourth-order valence-electron chi connectivity index (χ4n) is 3.80. The lowest BCUT2D eigenvalue weighted by Gasteiger charge is -2.51. The number of likely N-dealkylation sites (tertiary alicyclic amines) is 2. The van der Waals surface area contributed by atoms with Crippen LogP contribution in [0.1, 0.15) is 53.4 Å². The molecule has 2 saturated heterocycles. The van der Waals surface area contributed by atoms with Crippen LogP contribution in [-0.2, 0) is 4.79 Å². The second-order valence-corrected chi connectivity index (χ2v) is 8.00. The minimum atomic E-state index is 0.149. The van der Waals surface area contributed by atoms with Crippen molar-refractivity contribution < 1.29 is 9.28 Å². The summed E-state index contributed by atoms with van der Waals surface area (Å²) < 4.78 is 1.23. The van der Waals surface area contributed by atoms with E-state index in [1.54, 1.807) is 0 Å². The average molecular weight is 281 g/mol. The number of nitrogens with zero attached hydrogens (tertiary/aromatic N) is 2. The van der Waals surface area contributed by atoms with E-state index < -0.39 is 0 Å². The lowest BCUT2D eigenvalue weighted by molar-refractivity contribution is -0.936. The number of carbonyl (C=O) groups is 1. The molecule has 1 amide bonds. The summed E-state index contributed by atoms with van der Waals surface area (Å²) in [4.78, 5) is 14.2. The van der Waals surface area contributed by atoms with Crippen molar-refractivity contribution in [2.75, 3.05) is 33.2 Å². The molecular formula is C17H33N2O+. The Kier molecular flexibility index (Phi) is 4.48. The maximum atomic E-state index is 12.1. The van der Waals surface area contributed by atoms with Crippen molar-refractivity contribution >= 4 is 5.91 Å². The summed E-state index contributed by atoms with van der Waals surface area (Å²) in [6.07, 6.45) is 5.16. The maximum absolute atomic E-state index is 12.1. The number of amides is 1. The molecule has 2 fully saturated rings. The number of quaternary nitrogens is 1. The quantitative estimate of drug-likeness (QED) is 0.713. The third-order valence-electron chi connectivity index (χ3n) is 6.18. The topological polar surface area (TPSA) is 20.3 Å². The van der Waals surface area contributed by atoms with Crippen LogP contribution in [-0.4, -0.2) is 54.6 Å². The van der Waals surface area contributed by atoms with Gasteiger partial charge < -0.3 is 9.38 Å².